The summed E-state index contributed by atoms with van der Waals surface area (Å²) in [5, 5.41) is 0. The molecule has 1 fully saturated rings. The summed E-state index contributed by atoms with van der Waals surface area (Å²) in [5.74, 6) is 2.08. The molecule has 1 aliphatic carbocycles. The summed E-state index contributed by atoms with van der Waals surface area (Å²) in [4.78, 5) is 0. The van der Waals surface area contributed by atoms with E-state index < -0.39 is 0 Å². The molecule has 97 valence electrons. The number of ether oxygens (including phenoxy) is 1. The van der Waals surface area contributed by atoms with Crippen LogP contribution in [0.4, 0.5) is 0 Å². The summed E-state index contributed by atoms with van der Waals surface area (Å²) in [6, 6.07) is 4.60. The Hall–Kier alpha value is 0.646. The molecule has 3 atom stereocenters. The molecule has 1 aromatic carbocycles. The average molecular weight is 550 g/mol. The van der Waals surface area contributed by atoms with E-state index in [1.54, 1.807) is 25.1 Å². The van der Waals surface area contributed by atoms with Crippen molar-refractivity contribution in [3.63, 3.8) is 0 Å². The molecule has 0 bridgehead atoms. The van der Waals surface area contributed by atoms with Crippen molar-refractivity contribution in [3.8, 4) is 5.75 Å². The zero-order valence-electron chi connectivity index (χ0n) is 10.8. The van der Waals surface area contributed by atoms with Crippen LogP contribution >= 0.6 is 22.6 Å². The van der Waals surface area contributed by atoms with Crippen LogP contribution in [-0.2, 0) is 6.42 Å². The van der Waals surface area contributed by atoms with Gasteiger partial charge in [-0.15, -0.1) is 0 Å². The zero-order valence-corrected chi connectivity index (χ0v) is 16.2. The van der Waals surface area contributed by atoms with Gasteiger partial charge in [0.2, 0.25) is 0 Å². The second-order valence-electron chi connectivity index (χ2n) is 6.00. The van der Waals surface area contributed by atoms with Crippen molar-refractivity contribution in [3.05, 3.63) is 23.3 Å². The van der Waals surface area contributed by atoms with Crippen LogP contribution in [0.15, 0.2) is 12.1 Å². The predicted molar refractivity (Wildman–Crippen MR) is 84.5 cm³/mol. The van der Waals surface area contributed by atoms with Gasteiger partial charge < -0.3 is 0 Å². The Kier molecular flexibility index (Phi) is 3.69. The number of benzene rings is 1. The van der Waals surface area contributed by atoms with Gasteiger partial charge in [0, 0.05) is 0 Å². The van der Waals surface area contributed by atoms with Gasteiger partial charge in [-0.3, -0.25) is 0 Å². The van der Waals surface area contributed by atoms with Crippen LogP contribution in [0.1, 0.15) is 37.3 Å². The van der Waals surface area contributed by atoms with Gasteiger partial charge in [0.25, 0.3) is 0 Å². The molecule has 1 nitrogen and oxygen atoms in total. The number of fused-ring (bicyclic) bond motifs is 1. The number of rotatable bonds is 2. The zero-order chi connectivity index (χ0) is 12.9. The third-order valence-corrected chi connectivity index (χ3v) is 6.57. The molecule has 0 N–H and O–H groups in total. The average Bonchev–Trinajstić information content (AvgIpc) is 2.95. The van der Waals surface area contributed by atoms with E-state index in [9.17, 15) is 0 Å². The Balaban J connectivity index is 1.83. The van der Waals surface area contributed by atoms with Gasteiger partial charge >= 0.3 is 140 Å². The molecule has 2 aliphatic rings. The van der Waals surface area contributed by atoms with E-state index in [4.69, 9.17) is 4.74 Å². The standard InChI is InChI=1S/C15H18IO.Po/c1-10-4-3-5-11-6-7-15(2,17-14(10)11)9-12-8-13(12)16;/h4-5,12-13H,6-9H2,1-2H3;/t12?,13?,15-;/m0./s1. The van der Waals surface area contributed by atoms with Crippen LogP contribution < -0.4 is 7.96 Å². The SMILES string of the molecule is Cc1c[c]([Po])cc2c1O[C@](C)(CC1CC1I)CC2. The first-order chi connectivity index (χ1) is 8.47. The quantitative estimate of drug-likeness (QED) is 0.407. The van der Waals surface area contributed by atoms with Crippen LogP contribution in [0.3, 0.4) is 0 Å². The number of alkyl halides is 1. The second-order valence-corrected chi connectivity index (χ2v) is 9.43. The molecular weight excluding hydrogens is 532 g/mol. The van der Waals surface area contributed by atoms with E-state index in [1.165, 1.54) is 45.8 Å². The number of halogens is 1. The fraction of sp³-hybridized carbons (Fsp3) is 0.600. The summed E-state index contributed by atoms with van der Waals surface area (Å²) in [7, 11) is 0. The number of aryl methyl sites for hydroxylation is 2. The van der Waals surface area contributed by atoms with E-state index in [0.29, 0.717) is 0 Å². The monoisotopic (exact) mass is 550 g/mol. The molecule has 1 aliphatic heterocycles. The summed E-state index contributed by atoms with van der Waals surface area (Å²) in [5.41, 5.74) is 2.83. The van der Waals surface area contributed by atoms with Crippen molar-refractivity contribution in [2.75, 3.05) is 0 Å². The van der Waals surface area contributed by atoms with Gasteiger partial charge in [0.15, 0.2) is 0 Å². The summed E-state index contributed by atoms with van der Waals surface area (Å²) >= 11 is 4.13. The first-order valence-electron chi connectivity index (χ1n) is 6.60. The molecule has 0 amide bonds. The third-order valence-electron chi connectivity index (χ3n) is 4.13. The van der Waals surface area contributed by atoms with Gasteiger partial charge in [0.1, 0.15) is 0 Å². The van der Waals surface area contributed by atoms with Crippen molar-refractivity contribution < 1.29 is 4.74 Å². The number of hydrogen-bond donors (Lipinski definition) is 0. The van der Waals surface area contributed by atoms with E-state index in [2.05, 4.69) is 48.6 Å². The van der Waals surface area contributed by atoms with Gasteiger partial charge in [-0.1, -0.05) is 0 Å². The van der Waals surface area contributed by atoms with Crippen molar-refractivity contribution >= 4 is 50.9 Å². The van der Waals surface area contributed by atoms with E-state index in [-0.39, 0.29) is 5.60 Å². The molecule has 0 spiro atoms. The molecule has 1 radical (unpaired) electrons. The second kappa shape index (κ2) is 4.88. The predicted octanol–water partition coefficient (Wildman–Crippen LogP) is 3.09. The van der Waals surface area contributed by atoms with Crippen LogP contribution in [0, 0.1) is 12.8 Å². The molecular formula is C15H18IOPo. The number of hydrogen-bond acceptors (Lipinski definition) is 1. The van der Waals surface area contributed by atoms with Crippen LogP contribution in [0.25, 0.3) is 0 Å². The Morgan fingerprint density at radius 1 is 1.50 bits per heavy atom. The molecule has 1 heterocycles. The van der Waals surface area contributed by atoms with Gasteiger partial charge in [-0.2, -0.15) is 0 Å². The van der Waals surface area contributed by atoms with Gasteiger partial charge in [0.05, 0.1) is 0 Å². The van der Waals surface area contributed by atoms with Crippen molar-refractivity contribution in [2.45, 2.75) is 49.1 Å². The molecule has 1 saturated carbocycles. The Morgan fingerprint density at radius 2 is 2.22 bits per heavy atom. The summed E-state index contributed by atoms with van der Waals surface area (Å²) in [6.45, 7) is 4.50. The molecule has 1 aromatic rings. The van der Waals surface area contributed by atoms with E-state index in [0.717, 1.165) is 9.84 Å². The van der Waals surface area contributed by atoms with Crippen molar-refractivity contribution in [2.24, 2.45) is 5.92 Å². The van der Waals surface area contributed by atoms with Crippen molar-refractivity contribution in [1.82, 2.24) is 0 Å². The topological polar surface area (TPSA) is 9.23 Å². The summed E-state index contributed by atoms with van der Waals surface area (Å²) in [6.07, 6.45) is 4.99. The van der Waals surface area contributed by atoms with E-state index in [1.807, 2.05) is 0 Å². The minimum absolute atomic E-state index is 0.0739. The van der Waals surface area contributed by atoms with E-state index >= 15 is 0 Å². The Labute approximate surface area is 138 Å². The maximum atomic E-state index is 6.41. The molecule has 0 aromatic heterocycles. The fourth-order valence-corrected chi connectivity index (χ4v) is 5.11. The molecule has 3 heteroatoms. The molecule has 18 heavy (non-hydrogen) atoms. The summed E-state index contributed by atoms with van der Waals surface area (Å²) < 4.78 is 8.74. The first-order valence-corrected chi connectivity index (χ1v) is 9.44. The first kappa shape index (κ1) is 13.6. The Bertz CT molecular complexity index is 488. The fourth-order valence-electron chi connectivity index (χ4n) is 2.96. The molecule has 3 rings (SSSR count). The third kappa shape index (κ3) is 2.73. The molecule has 0 saturated heterocycles. The van der Waals surface area contributed by atoms with Crippen molar-refractivity contribution in [1.29, 1.82) is 0 Å². The molecule has 2 unspecified atom stereocenters. The minimum atomic E-state index is 0.0739. The van der Waals surface area contributed by atoms with Crippen LogP contribution in [0.5, 0.6) is 5.75 Å². The normalized spacial score (nSPS) is 33.7. The van der Waals surface area contributed by atoms with Gasteiger partial charge in [-0.05, 0) is 0 Å². The Morgan fingerprint density at radius 3 is 2.89 bits per heavy atom. The van der Waals surface area contributed by atoms with Gasteiger partial charge in [-0.25, -0.2) is 0 Å². The maximum absolute atomic E-state index is 6.41. The van der Waals surface area contributed by atoms with Crippen LogP contribution in [-0.4, -0.2) is 34.6 Å². The van der Waals surface area contributed by atoms with Crippen LogP contribution in [0.2, 0.25) is 0 Å².